The number of hydrogen-bond acceptors (Lipinski definition) is 5. The SMILES string of the molecule is O=C1CC(c2[nH]c(-c3ccc(-c4nn[nH]n4)cc3)nc2-c2ccc(F)cc2)CCN1. The van der Waals surface area contributed by atoms with E-state index >= 15 is 0 Å². The highest BCUT2D eigenvalue weighted by molar-refractivity contribution is 5.78. The molecule has 1 atom stereocenters. The van der Waals surface area contributed by atoms with Gasteiger partial charge in [0.1, 0.15) is 11.6 Å². The Labute approximate surface area is 171 Å². The number of carbonyl (C=O) groups excluding carboxylic acids is 1. The lowest BCUT2D eigenvalue weighted by atomic mass is 9.91. The van der Waals surface area contributed by atoms with Crippen LogP contribution in [-0.4, -0.2) is 43.0 Å². The predicted molar refractivity (Wildman–Crippen MR) is 108 cm³/mol. The van der Waals surface area contributed by atoms with Crippen molar-refractivity contribution >= 4 is 5.91 Å². The Hall–Kier alpha value is -3.88. The number of aromatic nitrogens is 6. The maximum absolute atomic E-state index is 13.4. The van der Waals surface area contributed by atoms with E-state index in [1.165, 1.54) is 12.1 Å². The minimum absolute atomic E-state index is 0.0249. The monoisotopic (exact) mass is 403 g/mol. The molecule has 3 heterocycles. The molecule has 0 bridgehead atoms. The van der Waals surface area contributed by atoms with Crippen LogP contribution in [0.5, 0.6) is 0 Å². The molecule has 1 unspecified atom stereocenters. The first-order valence-corrected chi connectivity index (χ1v) is 9.64. The van der Waals surface area contributed by atoms with Crippen molar-refractivity contribution < 1.29 is 9.18 Å². The summed E-state index contributed by atoms with van der Waals surface area (Å²) in [5.41, 5.74) is 4.17. The van der Waals surface area contributed by atoms with Crippen molar-refractivity contribution in [2.45, 2.75) is 18.8 Å². The standard InChI is InChI=1S/C21H18FN7O/c22-16-7-5-12(6-8-16)18-19(15-9-10-23-17(30)11-15)25-20(24-18)13-1-3-14(4-2-13)21-26-28-29-27-21/h1-8,15H,9-11H2,(H,23,30)(H,24,25)(H,26,27,28,29). The van der Waals surface area contributed by atoms with Gasteiger partial charge in [-0.1, -0.05) is 24.3 Å². The van der Waals surface area contributed by atoms with Crippen molar-refractivity contribution in [2.24, 2.45) is 0 Å². The molecular formula is C21H18FN7O. The van der Waals surface area contributed by atoms with Crippen LogP contribution in [-0.2, 0) is 4.79 Å². The summed E-state index contributed by atoms with van der Waals surface area (Å²) in [6.45, 7) is 0.625. The van der Waals surface area contributed by atoms with Crippen LogP contribution in [0, 0.1) is 5.82 Å². The van der Waals surface area contributed by atoms with Crippen molar-refractivity contribution in [1.82, 2.24) is 35.9 Å². The molecule has 1 amide bonds. The van der Waals surface area contributed by atoms with Gasteiger partial charge in [0.25, 0.3) is 0 Å². The summed E-state index contributed by atoms with van der Waals surface area (Å²) in [5, 5.41) is 16.8. The topological polar surface area (TPSA) is 112 Å². The molecule has 1 aliphatic rings. The van der Waals surface area contributed by atoms with E-state index in [1.54, 1.807) is 12.1 Å². The van der Waals surface area contributed by atoms with Crippen LogP contribution in [0.1, 0.15) is 24.5 Å². The van der Waals surface area contributed by atoms with E-state index < -0.39 is 0 Å². The van der Waals surface area contributed by atoms with Gasteiger partial charge in [0.05, 0.1) is 5.69 Å². The Morgan fingerprint density at radius 1 is 0.967 bits per heavy atom. The highest BCUT2D eigenvalue weighted by atomic mass is 19.1. The second kappa shape index (κ2) is 7.51. The number of halogens is 1. The number of benzene rings is 2. The summed E-state index contributed by atoms with van der Waals surface area (Å²) >= 11 is 0. The van der Waals surface area contributed by atoms with Gasteiger partial charge in [-0.3, -0.25) is 4.79 Å². The molecule has 0 spiro atoms. The number of nitrogens with zero attached hydrogens (tertiary/aromatic N) is 4. The maximum atomic E-state index is 13.4. The van der Waals surface area contributed by atoms with Crippen molar-refractivity contribution in [3.63, 3.8) is 0 Å². The van der Waals surface area contributed by atoms with Gasteiger partial charge < -0.3 is 10.3 Å². The van der Waals surface area contributed by atoms with Gasteiger partial charge in [-0.15, -0.1) is 10.2 Å². The molecule has 8 nitrogen and oxygen atoms in total. The number of imidazole rings is 1. The number of tetrazole rings is 1. The molecule has 9 heteroatoms. The molecule has 4 aromatic rings. The van der Waals surface area contributed by atoms with E-state index in [9.17, 15) is 9.18 Å². The molecule has 3 N–H and O–H groups in total. The number of amides is 1. The first kappa shape index (κ1) is 18.2. The molecular weight excluding hydrogens is 385 g/mol. The zero-order chi connectivity index (χ0) is 20.5. The van der Waals surface area contributed by atoms with Crippen molar-refractivity contribution in [1.29, 1.82) is 0 Å². The van der Waals surface area contributed by atoms with Crippen LogP contribution < -0.4 is 5.32 Å². The highest BCUT2D eigenvalue weighted by Crippen LogP contribution is 2.35. The Bertz CT molecular complexity index is 1170. The molecule has 1 aliphatic heterocycles. The van der Waals surface area contributed by atoms with Gasteiger partial charge in [-0.2, -0.15) is 5.21 Å². The van der Waals surface area contributed by atoms with E-state index in [-0.39, 0.29) is 17.6 Å². The molecule has 0 saturated carbocycles. The van der Waals surface area contributed by atoms with Crippen LogP contribution in [0.15, 0.2) is 48.5 Å². The van der Waals surface area contributed by atoms with Gasteiger partial charge in [-0.25, -0.2) is 9.37 Å². The average Bonchev–Trinajstić information content (AvgIpc) is 3.45. The molecule has 1 saturated heterocycles. The van der Waals surface area contributed by atoms with Gasteiger partial charge in [0.2, 0.25) is 11.7 Å². The summed E-state index contributed by atoms with van der Waals surface area (Å²) in [5.74, 6) is 0.956. The Morgan fingerprint density at radius 2 is 1.70 bits per heavy atom. The second-order valence-corrected chi connectivity index (χ2v) is 7.21. The van der Waals surface area contributed by atoms with Gasteiger partial charge >= 0.3 is 0 Å². The second-order valence-electron chi connectivity index (χ2n) is 7.21. The fraction of sp³-hybridized carbons (Fsp3) is 0.190. The van der Waals surface area contributed by atoms with Crippen molar-refractivity contribution in [2.75, 3.05) is 6.54 Å². The number of piperidine rings is 1. The predicted octanol–water partition coefficient (Wildman–Crippen LogP) is 3.06. The van der Waals surface area contributed by atoms with E-state index in [0.29, 0.717) is 24.6 Å². The smallest absolute Gasteiger partial charge is 0.220 e. The van der Waals surface area contributed by atoms with Crippen LogP contribution in [0.4, 0.5) is 4.39 Å². The van der Waals surface area contributed by atoms with Gasteiger partial charge in [-0.05, 0) is 35.9 Å². The van der Waals surface area contributed by atoms with E-state index in [1.807, 2.05) is 24.3 Å². The highest BCUT2D eigenvalue weighted by Gasteiger charge is 2.26. The van der Waals surface area contributed by atoms with Crippen LogP contribution in [0.2, 0.25) is 0 Å². The minimum atomic E-state index is -0.301. The molecule has 1 fully saturated rings. The number of nitrogens with one attached hydrogen (secondary N) is 3. The zero-order valence-electron chi connectivity index (χ0n) is 15.9. The number of carbonyl (C=O) groups is 1. The lowest BCUT2D eigenvalue weighted by Crippen LogP contribution is -2.32. The summed E-state index contributed by atoms with van der Waals surface area (Å²) < 4.78 is 13.4. The fourth-order valence-corrected chi connectivity index (χ4v) is 3.74. The van der Waals surface area contributed by atoms with Crippen LogP contribution in [0.25, 0.3) is 34.0 Å². The molecule has 5 rings (SSSR count). The number of aromatic amines is 2. The summed E-state index contributed by atoms with van der Waals surface area (Å²) in [6.07, 6.45) is 1.21. The molecule has 2 aromatic heterocycles. The zero-order valence-corrected chi connectivity index (χ0v) is 15.9. The maximum Gasteiger partial charge on any atom is 0.220 e. The molecule has 0 aliphatic carbocycles. The quantitative estimate of drug-likeness (QED) is 0.485. The lowest BCUT2D eigenvalue weighted by molar-refractivity contribution is -0.122. The van der Waals surface area contributed by atoms with E-state index in [2.05, 4.69) is 30.9 Å². The van der Waals surface area contributed by atoms with Crippen LogP contribution in [0.3, 0.4) is 0 Å². The summed E-state index contributed by atoms with van der Waals surface area (Å²) in [4.78, 5) is 20.2. The third-order valence-electron chi connectivity index (χ3n) is 5.27. The van der Waals surface area contributed by atoms with Gasteiger partial charge in [0.15, 0.2) is 0 Å². The molecule has 2 aromatic carbocycles. The van der Waals surface area contributed by atoms with Crippen molar-refractivity contribution in [3.8, 4) is 34.0 Å². The Balaban J connectivity index is 1.55. The first-order valence-electron chi connectivity index (χ1n) is 9.64. The summed E-state index contributed by atoms with van der Waals surface area (Å²) in [7, 11) is 0. The van der Waals surface area contributed by atoms with E-state index in [0.717, 1.165) is 34.5 Å². The minimum Gasteiger partial charge on any atom is -0.356 e. The van der Waals surface area contributed by atoms with E-state index in [4.69, 9.17) is 4.98 Å². The number of rotatable bonds is 4. The molecule has 0 radical (unpaired) electrons. The Kier molecular flexibility index (Phi) is 4.55. The normalized spacial score (nSPS) is 16.4. The summed E-state index contributed by atoms with van der Waals surface area (Å²) in [6, 6.07) is 13.9. The third-order valence-corrected chi connectivity index (χ3v) is 5.27. The molecule has 30 heavy (non-hydrogen) atoms. The molecule has 150 valence electrons. The first-order chi connectivity index (χ1) is 14.7. The van der Waals surface area contributed by atoms with Crippen molar-refractivity contribution in [3.05, 3.63) is 60.0 Å². The Morgan fingerprint density at radius 3 is 2.40 bits per heavy atom. The number of hydrogen-bond donors (Lipinski definition) is 3. The number of H-pyrrole nitrogens is 2. The largest absolute Gasteiger partial charge is 0.356 e. The van der Waals surface area contributed by atoms with Crippen LogP contribution >= 0.6 is 0 Å². The average molecular weight is 403 g/mol. The van der Waals surface area contributed by atoms with Gasteiger partial charge in [0, 0.05) is 41.3 Å². The fourth-order valence-electron chi connectivity index (χ4n) is 3.74. The lowest BCUT2D eigenvalue weighted by Gasteiger charge is -2.22. The third kappa shape index (κ3) is 3.45.